The van der Waals surface area contributed by atoms with Crippen molar-refractivity contribution in [2.24, 2.45) is 11.3 Å². The van der Waals surface area contributed by atoms with Crippen molar-refractivity contribution in [1.29, 1.82) is 5.26 Å². The zero-order valence-electron chi connectivity index (χ0n) is 31.2. The standard InChI is InChI=1S/C42H51ClN8O3/c1-29-23-42(28-51(29)36-10-7-32(24-44)37(43)22-36)13-15-48(16-14-42)34-8-5-31(6-9-34)41(54)50-26-30(27-50)25-47-17-19-49(20-18-47)35-4-2-3-33(21-35)45-38-11-12-39(52)46-40(38)53/h2-8,10,21-22,29-30,34,38,45H,9,11-20,23,25-28H2,1H3,(H,46,52,53)/t29-,34?,38?/m1/s1. The minimum absolute atomic E-state index is 0.164. The molecule has 2 aromatic rings. The summed E-state index contributed by atoms with van der Waals surface area (Å²) in [6.07, 6.45) is 11.7. The number of hydrogen-bond acceptors (Lipinski definition) is 9. The fraction of sp³-hybridized carbons (Fsp3) is 0.524. The molecule has 11 nitrogen and oxygen atoms in total. The van der Waals surface area contributed by atoms with Crippen molar-refractivity contribution >= 4 is 46.4 Å². The number of amides is 3. The third kappa shape index (κ3) is 7.75. The Bertz CT molecular complexity index is 1870. The molecule has 54 heavy (non-hydrogen) atoms. The smallest absolute Gasteiger partial charge is 0.253 e. The molecule has 0 aromatic heterocycles. The maximum Gasteiger partial charge on any atom is 0.253 e. The van der Waals surface area contributed by atoms with E-state index in [1.807, 2.05) is 35.2 Å². The van der Waals surface area contributed by atoms with Crippen LogP contribution in [0.1, 0.15) is 51.0 Å². The van der Waals surface area contributed by atoms with Crippen molar-refractivity contribution in [3.63, 3.8) is 0 Å². The molecule has 8 rings (SSSR count). The highest BCUT2D eigenvalue weighted by atomic mass is 35.5. The lowest BCUT2D eigenvalue weighted by Gasteiger charge is -2.44. The van der Waals surface area contributed by atoms with E-state index < -0.39 is 6.04 Å². The molecule has 5 fully saturated rings. The molecule has 284 valence electrons. The van der Waals surface area contributed by atoms with Crippen LogP contribution in [0.15, 0.2) is 66.3 Å². The average molecular weight is 751 g/mol. The first-order valence-corrected chi connectivity index (χ1v) is 20.1. The first-order valence-electron chi connectivity index (χ1n) is 19.7. The highest BCUT2D eigenvalue weighted by molar-refractivity contribution is 6.32. The van der Waals surface area contributed by atoms with E-state index in [0.717, 1.165) is 94.5 Å². The van der Waals surface area contributed by atoms with E-state index >= 15 is 0 Å². The molecule has 3 atom stereocenters. The van der Waals surface area contributed by atoms with Crippen LogP contribution >= 0.6 is 11.6 Å². The Balaban J connectivity index is 0.745. The molecule has 12 heteroatoms. The Morgan fingerprint density at radius 2 is 1.83 bits per heavy atom. The molecule has 5 saturated heterocycles. The number of hydrogen-bond donors (Lipinski definition) is 2. The summed E-state index contributed by atoms with van der Waals surface area (Å²) in [6.45, 7) is 11.9. The molecule has 3 amide bonds. The minimum Gasteiger partial charge on any atom is -0.374 e. The predicted molar refractivity (Wildman–Crippen MR) is 211 cm³/mol. The molecule has 1 spiro atoms. The highest BCUT2D eigenvalue weighted by Gasteiger charge is 2.45. The number of anilines is 3. The summed E-state index contributed by atoms with van der Waals surface area (Å²) in [5.74, 6) is 0.204. The van der Waals surface area contributed by atoms with E-state index in [1.54, 1.807) is 0 Å². The number of imide groups is 1. The van der Waals surface area contributed by atoms with E-state index in [-0.39, 0.29) is 17.7 Å². The molecular formula is C42H51ClN8O3. The van der Waals surface area contributed by atoms with Gasteiger partial charge in [0.05, 0.1) is 10.6 Å². The second kappa shape index (κ2) is 15.4. The van der Waals surface area contributed by atoms with Crippen LogP contribution in [0.5, 0.6) is 0 Å². The van der Waals surface area contributed by atoms with Crippen LogP contribution in [-0.4, -0.2) is 116 Å². The van der Waals surface area contributed by atoms with Crippen LogP contribution in [-0.2, 0) is 14.4 Å². The topological polar surface area (TPSA) is 115 Å². The average Bonchev–Trinajstić information content (AvgIpc) is 3.49. The number of nitrogens with one attached hydrogen (secondary N) is 2. The lowest BCUT2D eigenvalue weighted by atomic mass is 9.76. The van der Waals surface area contributed by atoms with Crippen LogP contribution in [0.2, 0.25) is 5.02 Å². The van der Waals surface area contributed by atoms with Crippen LogP contribution in [0.25, 0.3) is 0 Å². The van der Waals surface area contributed by atoms with Crippen molar-refractivity contribution in [2.75, 3.05) is 80.6 Å². The number of piperidine rings is 2. The Hall–Kier alpha value is -4.37. The second-order valence-corrected chi connectivity index (χ2v) is 16.8. The molecule has 2 aromatic carbocycles. The minimum atomic E-state index is -0.391. The van der Waals surface area contributed by atoms with Gasteiger partial charge in [-0.1, -0.05) is 35.9 Å². The first-order chi connectivity index (χ1) is 26.1. The van der Waals surface area contributed by atoms with Gasteiger partial charge < -0.3 is 20.0 Å². The molecule has 2 N–H and O–H groups in total. The Labute approximate surface area is 323 Å². The van der Waals surface area contributed by atoms with Gasteiger partial charge in [0.25, 0.3) is 5.91 Å². The van der Waals surface area contributed by atoms with Crippen molar-refractivity contribution in [3.05, 3.63) is 76.9 Å². The summed E-state index contributed by atoms with van der Waals surface area (Å²) in [7, 11) is 0. The van der Waals surface area contributed by atoms with Gasteiger partial charge in [0.1, 0.15) is 12.1 Å². The lowest BCUT2D eigenvalue weighted by Crippen LogP contribution is -2.56. The molecule has 1 aliphatic carbocycles. The first kappa shape index (κ1) is 36.6. The summed E-state index contributed by atoms with van der Waals surface area (Å²) in [4.78, 5) is 49.1. The SMILES string of the molecule is C[C@@H]1CC2(CCN(C3C=CC(C(=O)N4CC(CN5CCN(c6cccc(NC7CCC(=O)NC7=O)c6)CC5)C4)=CC3)CC2)CN1c1ccc(C#N)c(Cl)c1. The predicted octanol–water partition coefficient (Wildman–Crippen LogP) is 4.65. The number of carbonyl (C=O) groups is 3. The zero-order chi connectivity index (χ0) is 37.4. The van der Waals surface area contributed by atoms with E-state index in [4.69, 9.17) is 11.6 Å². The summed E-state index contributed by atoms with van der Waals surface area (Å²) in [6, 6.07) is 16.6. The third-order valence-electron chi connectivity index (χ3n) is 12.7. The van der Waals surface area contributed by atoms with E-state index in [1.165, 1.54) is 19.3 Å². The lowest BCUT2D eigenvalue weighted by molar-refractivity contribution is -0.134. The van der Waals surface area contributed by atoms with Gasteiger partial charge in [-0.25, -0.2) is 0 Å². The Kier molecular flexibility index (Phi) is 10.4. The number of likely N-dealkylation sites (tertiary alicyclic amines) is 2. The largest absolute Gasteiger partial charge is 0.374 e. The molecule has 0 radical (unpaired) electrons. The van der Waals surface area contributed by atoms with Gasteiger partial charge in [-0.15, -0.1) is 0 Å². The van der Waals surface area contributed by atoms with E-state index in [2.05, 4.69) is 73.6 Å². The molecular weight excluding hydrogens is 700 g/mol. The summed E-state index contributed by atoms with van der Waals surface area (Å²) in [5, 5.41) is 15.5. The number of nitrogens with zero attached hydrogens (tertiary/aromatic N) is 6. The van der Waals surface area contributed by atoms with Gasteiger partial charge in [-0.05, 0) is 93.9 Å². The monoisotopic (exact) mass is 750 g/mol. The number of nitriles is 1. The van der Waals surface area contributed by atoms with Gasteiger partial charge in [0, 0.05) is 99.4 Å². The van der Waals surface area contributed by atoms with Crippen molar-refractivity contribution in [3.8, 4) is 6.07 Å². The fourth-order valence-corrected chi connectivity index (χ4v) is 9.80. The number of rotatable bonds is 8. The highest BCUT2D eigenvalue weighted by Crippen LogP contribution is 2.46. The quantitative estimate of drug-likeness (QED) is 0.373. The van der Waals surface area contributed by atoms with Crippen molar-refractivity contribution in [1.82, 2.24) is 20.0 Å². The van der Waals surface area contributed by atoms with Crippen LogP contribution < -0.4 is 20.4 Å². The summed E-state index contributed by atoms with van der Waals surface area (Å²) in [5.41, 5.74) is 4.80. The van der Waals surface area contributed by atoms with Gasteiger partial charge in [0.2, 0.25) is 11.8 Å². The van der Waals surface area contributed by atoms with Gasteiger partial charge >= 0.3 is 0 Å². The van der Waals surface area contributed by atoms with Crippen LogP contribution in [0, 0.1) is 22.7 Å². The van der Waals surface area contributed by atoms with E-state index in [0.29, 0.717) is 46.8 Å². The zero-order valence-corrected chi connectivity index (χ0v) is 31.9. The normalized spacial score (nSPS) is 26.4. The second-order valence-electron chi connectivity index (χ2n) is 16.4. The number of piperazine rings is 1. The van der Waals surface area contributed by atoms with Crippen molar-refractivity contribution in [2.45, 2.75) is 63.6 Å². The van der Waals surface area contributed by atoms with E-state index in [9.17, 15) is 19.6 Å². The van der Waals surface area contributed by atoms with Crippen LogP contribution in [0.3, 0.4) is 0 Å². The number of halogens is 1. The Morgan fingerprint density at radius 1 is 1.04 bits per heavy atom. The van der Waals surface area contributed by atoms with Crippen molar-refractivity contribution < 1.29 is 14.4 Å². The fourth-order valence-electron chi connectivity index (χ4n) is 9.58. The van der Waals surface area contributed by atoms with Gasteiger partial charge in [-0.2, -0.15) is 5.26 Å². The molecule has 0 bridgehead atoms. The van der Waals surface area contributed by atoms with Crippen LogP contribution in [0.4, 0.5) is 17.1 Å². The molecule has 5 heterocycles. The number of benzene rings is 2. The number of carbonyl (C=O) groups excluding carboxylic acids is 3. The Morgan fingerprint density at radius 3 is 2.54 bits per heavy atom. The van der Waals surface area contributed by atoms with Gasteiger partial charge in [0.15, 0.2) is 0 Å². The molecule has 6 aliphatic rings. The third-order valence-corrected chi connectivity index (χ3v) is 13.1. The molecule has 5 aliphatic heterocycles. The summed E-state index contributed by atoms with van der Waals surface area (Å²) >= 11 is 6.38. The summed E-state index contributed by atoms with van der Waals surface area (Å²) < 4.78 is 0. The maximum absolute atomic E-state index is 13.4. The molecule has 2 unspecified atom stereocenters. The van der Waals surface area contributed by atoms with Gasteiger partial charge in [-0.3, -0.25) is 29.5 Å². The molecule has 0 saturated carbocycles. The maximum atomic E-state index is 13.4.